The number of carbonyl (C=O) groups excluding carboxylic acids is 2. The van der Waals surface area contributed by atoms with Crippen LogP contribution in [0.25, 0.3) is 0 Å². The maximum absolute atomic E-state index is 13.0. The summed E-state index contributed by atoms with van der Waals surface area (Å²) in [7, 11) is 1.79. The molecule has 1 N–H and O–H groups in total. The van der Waals surface area contributed by atoms with Crippen LogP contribution >= 0.6 is 0 Å². The lowest BCUT2D eigenvalue weighted by Gasteiger charge is -2.23. The van der Waals surface area contributed by atoms with Crippen molar-refractivity contribution in [1.29, 1.82) is 0 Å². The average molecular weight is 447 g/mol. The number of benzene rings is 1. The van der Waals surface area contributed by atoms with E-state index in [1.807, 2.05) is 24.4 Å². The van der Waals surface area contributed by atoms with Crippen molar-refractivity contribution >= 4 is 12.2 Å². The number of allylic oxidation sites excluding steroid dienone is 1. The molecule has 0 fully saturated rings. The predicted molar refractivity (Wildman–Crippen MR) is 121 cm³/mol. The molecule has 1 atom stereocenters. The van der Waals surface area contributed by atoms with Gasteiger partial charge in [0.15, 0.2) is 0 Å². The molecule has 1 aromatic carbocycles. The number of carbonyl (C=O) groups is 2. The van der Waals surface area contributed by atoms with Crippen molar-refractivity contribution < 1.29 is 14.3 Å². The molecule has 1 aliphatic rings. The van der Waals surface area contributed by atoms with Crippen molar-refractivity contribution in [3.05, 3.63) is 83.6 Å². The van der Waals surface area contributed by atoms with Crippen LogP contribution in [0.4, 0.5) is 0 Å². The number of hydrogen-bond donors (Lipinski definition) is 1. The smallest absolute Gasteiger partial charge is 0.255 e. The van der Waals surface area contributed by atoms with E-state index in [1.54, 1.807) is 41.2 Å². The van der Waals surface area contributed by atoms with E-state index >= 15 is 0 Å². The highest BCUT2D eigenvalue weighted by molar-refractivity contribution is 6.00. The van der Waals surface area contributed by atoms with Gasteiger partial charge in [0.25, 0.3) is 5.91 Å². The van der Waals surface area contributed by atoms with E-state index in [-0.39, 0.29) is 12.5 Å². The number of nitrogens with zero attached hydrogens (tertiary/aromatic N) is 5. The minimum atomic E-state index is -0.518. The van der Waals surface area contributed by atoms with Crippen LogP contribution < -0.4 is 10.1 Å². The number of aromatic nitrogens is 4. The molecule has 4 rings (SSSR count). The lowest BCUT2D eigenvalue weighted by Crippen LogP contribution is -2.37. The summed E-state index contributed by atoms with van der Waals surface area (Å²) in [5.74, 6) is 0.447. The zero-order chi connectivity index (χ0) is 23.2. The van der Waals surface area contributed by atoms with Crippen molar-refractivity contribution in [2.75, 3.05) is 7.05 Å². The quantitative estimate of drug-likeness (QED) is 0.451. The molecule has 33 heavy (non-hydrogen) atoms. The second kappa shape index (κ2) is 10.1. The first kappa shape index (κ1) is 22.2. The van der Waals surface area contributed by atoms with Crippen LogP contribution in [0, 0.1) is 0 Å². The lowest BCUT2D eigenvalue weighted by atomic mass is 10.1. The first-order valence-corrected chi connectivity index (χ1v) is 10.7. The Kier molecular flexibility index (Phi) is 6.77. The lowest BCUT2D eigenvalue weighted by molar-refractivity contribution is -0.112. The number of aldehydes is 1. The Labute approximate surface area is 192 Å². The Morgan fingerprint density at radius 2 is 2.12 bits per heavy atom. The van der Waals surface area contributed by atoms with Gasteiger partial charge in [-0.3, -0.25) is 9.78 Å². The van der Waals surface area contributed by atoms with E-state index in [1.165, 1.54) is 0 Å². The second-order valence-electron chi connectivity index (χ2n) is 7.86. The standard InChI is InChI=1S/C24H26N6O3/c1-17(25-2)6-7-20(15-31)30-14-22-21(24(30)32)4-3-5-23(22)33-16-19-13-29(28-27-19)12-18-8-10-26-11-9-18/h3-5,8-11,13,15,20,25H,1,6-7,12,14,16H2,2H3. The molecule has 1 unspecified atom stereocenters. The molecule has 0 saturated carbocycles. The van der Waals surface area contributed by atoms with Crippen LogP contribution in [0.15, 0.2) is 61.2 Å². The van der Waals surface area contributed by atoms with Crippen LogP contribution in [-0.4, -0.2) is 50.2 Å². The van der Waals surface area contributed by atoms with Gasteiger partial charge in [-0.25, -0.2) is 4.68 Å². The SMILES string of the molecule is C=C(CCC(C=O)N1Cc2c(OCc3cn(Cc4ccncc4)nn3)cccc2C1=O)NC. The predicted octanol–water partition coefficient (Wildman–Crippen LogP) is 2.34. The summed E-state index contributed by atoms with van der Waals surface area (Å²) in [5, 5.41) is 11.3. The van der Waals surface area contributed by atoms with Crippen LogP contribution in [0.5, 0.6) is 5.75 Å². The highest BCUT2D eigenvalue weighted by atomic mass is 16.5. The summed E-state index contributed by atoms with van der Waals surface area (Å²) in [4.78, 5) is 30.3. The summed E-state index contributed by atoms with van der Waals surface area (Å²) >= 11 is 0. The number of rotatable bonds is 11. The van der Waals surface area contributed by atoms with E-state index in [2.05, 4.69) is 27.2 Å². The van der Waals surface area contributed by atoms with Gasteiger partial charge in [0.1, 0.15) is 24.3 Å². The minimum Gasteiger partial charge on any atom is -0.487 e. The summed E-state index contributed by atoms with van der Waals surface area (Å²) in [6.07, 6.45) is 7.26. The van der Waals surface area contributed by atoms with Crippen molar-refractivity contribution in [1.82, 2.24) is 30.2 Å². The monoisotopic (exact) mass is 446 g/mol. The van der Waals surface area contributed by atoms with Gasteiger partial charge in [0, 0.05) is 36.3 Å². The van der Waals surface area contributed by atoms with Gasteiger partial charge in [-0.2, -0.15) is 0 Å². The third-order valence-electron chi connectivity index (χ3n) is 5.66. The topological polar surface area (TPSA) is 102 Å². The van der Waals surface area contributed by atoms with Gasteiger partial charge in [0.2, 0.25) is 0 Å². The molecule has 0 radical (unpaired) electrons. The third-order valence-corrected chi connectivity index (χ3v) is 5.66. The van der Waals surface area contributed by atoms with Crippen molar-refractivity contribution in [2.24, 2.45) is 0 Å². The fraction of sp³-hybridized carbons (Fsp3) is 0.292. The molecular weight excluding hydrogens is 420 g/mol. The number of amides is 1. The average Bonchev–Trinajstić information content (AvgIpc) is 3.43. The third kappa shape index (κ3) is 5.08. The Morgan fingerprint density at radius 1 is 1.30 bits per heavy atom. The minimum absolute atomic E-state index is 0.161. The second-order valence-corrected chi connectivity index (χ2v) is 7.86. The van der Waals surface area contributed by atoms with Gasteiger partial charge >= 0.3 is 0 Å². The molecule has 0 saturated heterocycles. The molecule has 1 amide bonds. The van der Waals surface area contributed by atoms with E-state index in [4.69, 9.17) is 4.74 Å². The van der Waals surface area contributed by atoms with E-state index in [9.17, 15) is 9.59 Å². The van der Waals surface area contributed by atoms with Crippen LogP contribution in [-0.2, 0) is 24.5 Å². The highest BCUT2D eigenvalue weighted by Gasteiger charge is 2.34. The van der Waals surface area contributed by atoms with Gasteiger partial charge in [-0.15, -0.1) is 5.10 Å². The number of pyridine rings is 1. The maximum Gasteiger partial charge on any atom is 0.255 e. The molecule has 9 heteroatoms. The highest BCUT2D eigenvalue weighted by Crippen LogP contribution is 2.33. The molecule has 2 aromatic heterocycles. The van der Waals surface area contributed by atoms with Crippen LogP contribution in [0.2, 0.25) is 0 Å². The summed E-state index contributed by atoms with van der Waals surface area (Å²) in [6.45, 7) is 5.03. The Bertz CT molecular complexity index is 1140. The first-order valence-electron chi connectivity index (χ1n) is 10.7. The van der Waals surface area contributed by atoms with Crippen LogP contribution in [0.3, 0.4) is 0 Å². The Hall–Kier alpha value is -4.01. The maximum atomic E-state index is 13.0. The van der Waals surface area contributed by atoms with E-state index in [0.29, 0.717) is 42.9 Å². The largest absolute Gasteiger partial charge is 0.487 e. The number of nitrogens with one attached hydrogen (secondary N) is 1. The molecule has 1 aliphatic heterocycles. The molecule has 3 aromatic rings. The Morgan fingerprint density at radius 3 is 2.88 bits per heavy atom. The molecule has 0 spiro atoms. The van der Waals surface area contributed by atoms with Crippen molar-refractivity contribution in [3.8, 4) is 5.75 Å². The fourth-order valence-corrected chi connectivity index (χ4v) is 3.78. The Balaban J connectivity index is 1.41. The zero-order valence-corrected chi connectivity index (χ0v) is 18.5. The van der Waals surface area contributed by atoms with E-state index in [0.717, 1.165) is 23.1 Å². The van der Waals surface area contributed by atoms with Gasteiger partial charge < -0.3 is 19.7 Å². The molecular formula is C24H26N6O3. The van der Waals surface area contributed by atoms with Crippen LogP contribution in [0.1, 0.15) is 40.0 Å². The summed E-state index contributed by atoms with van der Waals surface area (Å²) < 4.78 is 7.75. The van der Waals surface area contributed by atoms with Crippen molar-refractivity contribution in [3.63, 3.8) is 0 Å². The van der Waals surface area contributed by atoms with Crippen molar-refractivity contribution in [2.45, 2.75) is 38.6 Å². The normalized spacial score (nSPS) is 13.5. The van der Waals surface area contributed by atoms with Gasteiger partial charge in [0.05, 0.1) is 25.3 Å². The van der Waals surface area contributed by atoms with Gasteiger partial charge in [-0.05, 0) is 42.7 Å². The summed E-state index contributed by atoms with van der Waals surface area (Å²) in [6, 6.07) is 8.72. The van der Waals surface area contributed by atoms with Gasteiger partial charge in [-0.1, -0.05) is 17.9 Å². The molecule has 0 aliphatic carbocycles. The first-order chi connectivity index (χ1) is 16.1. The molecule has 9 nitrogen and oxygen atoms in total. The summed E-state index contributed by atoms with van der Waals surface area (Å²) in [5.41, 5.74) is 3.93. The number of hydrogen-bond acceptors (Lipinski definition) is 7. The number of ether oxygens (including phenoxy) is 1. The fourth-order valence-electron chi connectivity index (χ4n) is 3.78. The van der Waals surface area contributed by atoms with E-state index < -0.39 is 6.04 Å². The molecule has 3 heterocycles. The zero-order valence-electron chi connectivity index (χ0n) is 18.5. The molecule has 170 valence electrons. The molecule has 0 bridgehead atoms. The number of fused-ring (bicyclic) bond motifs is 1.